The average Bonchev–Trinajstić information content (AvgIpc) is 3.34. The fourth-order valence-corrected chi connectivity index (χ4v) is 5.53. The van der Waals surface area contributed by atoms with Crippen molar-refractivity contribution in [1.29, 1.82) is 0 Å². The molecule has 33 heavy (non-hydrogen) atoms. The topological polar surface area (TPSA) is 52.7 Å². The molecule has 1 saturated carbocycles. The van der Waals surface area contributed by atoms with E-state index >= 15 is 0 Å². The largest absolute Gasteiger partial charge is 0.336 e. The second-order valence-corrected chi connectivity index (χ2v) is 10.5. The molecule has 1 aliphatic carbocycles. The molecule has 1 aliphatic heterocycles. The number of carbonyl (C=O) groups is 2. The van der Waals surface area contributed by atoms with Crippen molar-refractivity contribution in [2.45, 2.75) is 51.5 Å². The molecule has 2 fully saturated rings. The van der Waals surface area contributed by atoms with E-state index in [0.29, 0.717) is 30.5 Å². The van der Waals surface area contributed by atoms with Crippen LogP contribution >= 0.6 is 15.9 Å². The van der Waals surface area contributed by atoms with Gasteiger partial charge in [-0.15, -0.1) is 0 Å². The van der Waals surface area contributed by atoms with E-state index in [2.05, 4.69) is 52.1 Å². The van der Waals surface area contributed by atoms with E-state index in [1.807, 2.05) is 41.3 Å². The van der Waals surface area contributed by atoms with Gasteiger partial charge in [0.15, 0.2) is 0 Å². The van der Waals surface area contributed by atoms with E-state index in [1.165, 1.54) is 18.4 Å². The lowest BCUT2D eigenvalue weighted by molar-refractivity contribution is -0.123. The van der Waals surface area contributed by atoms with Crippen molar-refractivity contribution in [3.63, 3.8) is 0 Å². The van der Waals surface area contributed by atoms with Crippen molar-refractivity contribution < 1.29 is 9.59 Å². The predicted octanol–water partition coefficient (Wildman–Crippen LogP) is 5.53. The molecule has 0 aromatic heterocycles. The highest BCUT2D eigenvalue weighted by molar-refractivity contribution is 9.10. The Balaban J connectivity index is 1.42. The van der Waals surface area contributed by atoms with Crippen LogP contribution in [0.4, 0.5) is 5.69 Å². The molecular weight excluding hydrogens is 478 g/mol. The molecule has 2 aromatic rings. The van der Waals surface area contributed by atoms with Gasteiger partial charge in [0.05, 0.1) is 6.04 Å². The van der Waals surface area contributed by atoms with Crippen molar-refractivity contribution in [2.75, 3.05) is 31.5 Å². The molecule has 1 saturated heterocycles. The molecule has 2 aromatic carbocycles. The van der Waals surface area contributed by atoms with Gasteiger partial charge in [0.1, 0.15) is 0 Å². The molecule has 1 heterocycles. The summed E-state index contributed by atoms with van der Waals surface area (Å²) >= 11 is 3.45. The zero-order chi connectivity index (χ0) is 23.4. The third-order valence-electron chi connectivity index (χ3n) is 7.03. The molecular formula is C27H34BrN3O2. The Morgan fingerprint density at radius 1 is 0.970 bits per heavy atom. The number of carbonyl (C=O) groups excluding carboxylic acids is 2. The van der Waals surface area contributed by atoms with Gasteiger partial charge in [0.2, 0.25) is 5.91 Å². The third kappa shape index (κ3) is 5.85. The van der Waals surface area contributed by atoms with Crippen LogP contribution in [0.15, 0.2) is 53.0 Å². The Morgan fingerprint density at radius 2 is 1.64 bits per heavy atom. The van der Waals surface area contributed by atoms with Crippen LogP contribution in [-0.4, -0.2) is 53.8 Å². The lowest BCUT2D eigenvalue weighted by Gasteiger charge is -2.40. The number of nitrogens with zero attached hydrogens (tertiary/aromatic N) is 2. The SMILES string of the molecule is CC(C)c1ccc(NC(=O)C(C2CCCC2)N2CCN(C(=O)c3cccc(Br)c3)CC2)cc1. The molecule has 1 N–H and O–H groups in total. The summed E-state index contributed by atoms with van der Waals surface area (Å²) in [6, 6.07) is 15.6. The molecule has 176 valence electrons. The minimum atomic E-state index is -0.139. The van der Waals surface area contributed by atoms with Gasteiger partial charge in [-0.25, -0.2) is 0 Å². The zero-order valence-electron chi connectivity index (χ0n) is 19.6. The smallest absolute Gasteiger partial charge is 0.253 e. The van der Waals surface area contributed by atoms with Crippen molar-refractivity contribution >= 4 is 33.4 Å². The molecule has 6 heteroatoms. The number of hydrogen-bond donors (Lipinski definition) is 1. The maximum absolute atomic E-state index is 13.5. The Labute approximate surface area is 205 Å². The van der Waals surface area contributed by atoms with Crippen LogP contribution in [0.5, 0.6) is 0 Å². The summed E-state index contributed by atoms with van der Waals surface area (Å²) in [5, 5.41) is 3.18. The molecule has 1 atom stereocenters. The van der Waals surface area contributed by atoms with Crippen LogP contribution in [0, 0.1) is 5.92 Å². The van der Waals surface area contributed by atoms with E-state index in [9.17, 15) is 9.59 Å². The number of anilines is 1. The second kappa shape index (κ2) is 10.8. The quantitative estimate of drug-likeness (QED) is 0.554. The van der Waals surface area contributed by atoms with Gasteiger partial charge in [-0.3, -0.25) is 14.5 Å². The minimum absolute atomic E-state index is 0.0584. The highest BCUT2D eigenvalue weighted by atomic mass is 79.9. The van der Waals surface area contributed by atoms with Crippen LogP contribution in [0.3, 0.4) is 0 Å². The van der Waals surface area contributed by atoms with Crippen LogP contribution in [0.1, 0.15) is 61.4 Å². The highest BCUT2D eigenvalue weighted by Crippen LogP contribution is 2.32. The van der Waals surface area contributed by atoms with Gasteiger partial charge < -0.3 is 10.2 Å². The molecule has 0 radical (unpaired) electrons. The number of hydrogen-bond acceptors (Lipinski definition) is 3. The molecule has 5 nitrogen and oxygen atoms in total. The van der Waals surface area contributed by atoms with Crippen molar-refractivity contribution in [3.8, 4) is 0 Å². The molecule has 0 spiro atoms. The van der Waals surface area contributed by atoms with Crippen molar-refractivity contribution in [1.82, 2.24) is 9.80 Å². The van der Waals surface area contributed by atoms with Gasteiger partial charge in [-0.05, 0) is 60.6 Å². The first kappa shape index (κ1) is 24.0. The van der Waals surface area contributed by atoms with Crippen LogP contribution in [0.2, 0.25) is 0 Å². The molecule has 2 aliphatic rings. The van der Waals surface area contributed by atoms with Crippen LogP contribution in [0.25, 0.3) is 0 Å². The summed E-state index contributed by atoms with van der Waals surface area (Å²) in [5.41, 5.74) is 2.83. The summed E-state index contributed by atoms with van der Waals surface area (Å²) in [6.45, 7) is 7.08. The van der Waals surface area contributed by atoms with Gasteiger partial charge in [-0.1, -0.05) is 60.8 Å². The standard InChI is InChI=1S/C27H34BrN3O2/c1-19(2)20-10-12-24(13-11-20)29-26(32)25(21-6-3-4-7-21)30-14-16-31(17-15-30)27(33)22-8-5-9-23(28)18-22/h5,8-13,18-19,21,25H,3-4,6-7,14-17H2,1-2H3,(H,29,32). The molecule has 0 bridgehead atoms. The van der Waals surface area contributed by atoms with Gasteiger partial charge >= 0.3 is 0 Å². The lowest BCUT2D eigenvalue weighted by atomic mass is 9.94. The van der Waals surface area contributed by atoms with E-state index in [1.54, 1.807) is 0 Å². The second-order valence-electron chi connectivity index (χ2n) is 9.59. The number of nitrogens with one attached hydrogen (secondary N) is 1. The fourth-order valence-electron chi connectivity index (χ4n) is 5.13. The first-order valence-electron chi connectivity index (χ1n) is 12.1. The molecule has 2 amide bonds. The average molecular weight is 512 g/mol. The Morgan fingerprint density at radius 3 is 2.24 bits per heavy atom. The maximum Gasteiger partial charge on any atom is 0.253 e. The Bertz CT molecular complexity index is 962. The molecule has 1 unspecified atom stereocenters. The molecule has 4 rings (SSSR count). The van der Waals surface area contributed by atoms with Crippen LogP contribution < -0.4 is 5.32 Å². The normalized spacial score (nSPS) is 18.5. The lowest BCUT2D eigenvalue weighted by Crippen LogP contribution is -2.56. The van der Waals surface area contributed by atoms with Crippen LogP contribution in [-0.2, 0) is 4.79 Å². The predicted molar refractivity (Wildman–Crippen MR) is 137 cm³/mol. The Kier molecular flexibility index (Phi) is 7.86. The number of rotatable bonds is 6. The number of piperazine rings is 1. The summed E-state index contributed by atoms with van der Waals surface area (Å²) in [4.78, 5) is 30.6. The van der Waals surface area contributed by atoms with E-state index in [-0.39, 0.29) is 17.9 Å². The van der Waals surface area contributed by atoms with Crippen molar-refractivity contribution in [2.24, 2.45) is 5.92 Å². The fraction of sp³-hybridized carbons (Fsp3) is 0.481. The maximum atomic E-state index is 13.5. The first-order chi connectivity index (χ1) is 15.9. The summed E-state index contributed by atoms with van der Waals surface area (Å²) < 4.78 is 0.909. The monoisotopic (exact) mass is 511 g/mol. The van der Waals surface area contributed by atoms with Gasteiger partial charge in [0, 0.05) is 41.9 Å². The zero-order valence-corrected chi connectivity index (χ0v) is 21.2. The first-order valence-corrected chi connectivity index (χ1v) is 12.9. The van der Waals surface area contributed by atoms with E-state index in [0.717, 1.165) is 36.1 Å². The van der Waals surface area contributed by atoms with E-state index < -0.39 is 0 Å². The third-order valence-corrected chi connectivity index (χ3v) is 7.52. The number of benzene rings is 2. The summed E-state index contributed by atoms with van der Waals surface area (Å²) in [5.74, 6) is 0.998. The van der Waals surface area contributed by atoms with Gasteiger partial charge in [0.25, 0.3) is 5.91 Å². The summed E-state index contributed by atoms with van der Waals surface area (Å²) in [7, 11) is 0. The minimum Gasteiger partial charge on any atom is -0.336 e. The highest BCUT2D eigenvalue weighted by Gasteiger charge is 2.37. The number of amides is 2. The summed E-state index contributed by atoms with van der Waals surface area (Å²) in [6.07, 6.45) is 4.58. The van der Waals surface area contributed by atoms with Crippen molar-refractivity contribution in [3.05, 3.63) is 64.1 Å². The Hall–Kier alpha value is -2.18. The number of halogens is 1. The van der Waals surface area contributed by atoms with E-state index in [4.69, 9.17) is 0 Å². The van der Waals surface area contributed by atoms with Gasteiger partial charge in [-0.2, -0.15) is 0 Å².